The second kappa shape index (κ2) is 7.44. The molecule has 28 heavy (non-hydrogen) atoms. The van der Waals surface area contributed by atoms with E-state index in [-0.39, 0.29) is 0 Å². The Kier molecular flexibility index (Phi) is 4.65. The van der Waals surface area contributed by atoms with Crippen LogP contribution in [0.25, 0.3) is 22.5 Å². The van der Waals surface area contributed by atoms with Crippen LogP contribution in [0.1, 0.15) is 37.7 Å². The quantitative estimate of drug-likeness (QED) is 0.585. The number of fused-ring (bicyclic) bond motifs is 3. The summed E-state index contributed by atoms with van der Waals surface area (Å²) in [5, 5.41) is 4.29. The largest absolute Gasteiger partial charge is 0.488 e. The molecule has 5 rings (SSSR count). The van der Waals surface area contributed by atoms with Gasteiger partial charge in [0.25, 0.3) is 0 Å². The number of rotatable bonds is 3. The third-order valence-electron chi connectivity index (χ3n) is 5.56. The lowest BCUT2D eigenvalue weighted by atomic mass is 9.95. The van der Waals surface area contributed by atoms with Crippen LogP contribution in [0.4, 0.5) is 5.95 Å². The maximum absolute atomic E-state index is 6.26. The van der Waals surface area contributed by atoms with Crippen LogP contribution < -0.4 is 10.1 Å². The summed E-state index contributed by atoms with van der Waals surface area (Å²) in [7, 11) is 0. The van der Waals surface area contributed by atoms with Gasteiger partial charge in [-0.1, -0.05) is 55.1 Å². The second-order valence-corrected chi connectivity index (χ2v) is 7.93. The van der Waals surface area contributed by atoms with Crippen molar-refractivity contribution < 1.29 is 4.74 Å². The summed E-state index contributed by atoms with van der Waals surface area (Å²) in [6.07, 6.45) is 6.20. The fourth-order valence-electron chi connectivity index (χ4n) is 4.15. The maximum Gasteiger partial charge on any atom is 0.224 e. The van der Waals surface area contributed by atoms with Crippen LogP contribution >= 0.6 is 11.6 Å². The molecule has 0 amide bonds. The van der Waals surface area contributed by atoms with Crippen LogP contribution in [0.2, 0.25) is 5.02 Å². The highest BCUT2D eigenvalue weighted by atomic mass is 35.5. The van der Waals surface area contributed by atoms with Crippen molar-refractivity contribution in [2.75, 3.05) is 5.32 Å². The van der Waals surface area contributed by atoms with E-state index in [2.05, 4.69) is 11.4 Å². The topological polar surface area (TPSA) is 47.0 Å². The molecular weight excluding hydrogens is 370 g/mol. The fourth-order valence-corrected chi connectivity index (χ4v) is 4.34. The van der Waals surface area contributed by atoms with E-state index in [0.717, 1.165) is 33.8 Å². The van der Waals surface area contributed by atoms with E-state index in [9.17, 15) is 0 Å². The van der Waals surface area contributed by atoms with Crippen LogP contribution in [0.5, 0.6) is 5.75 Å². The first-order valence-corrected chi connectivity index (χ1v) is 10.3. The van der Waals surface area contributed by atoms with Crippen molar-refractivity contribution in [2.45, 2.75) is 44.8 Å². The maximum atomic E-state index is 6.26. The van der Waals surface area contributed by atoms with E-state index in [0.29, 0.717) is 23.6 Å². The van der Waals surface area contributed by atoms with Crippen LogP contribution in [0.15, 0.2) is 48.5 Å². The lowest BCUT2D eigenvalue weighted by Gasteiger charge is -2.26. The molecule has 0 radical (unpaired) electrons. The summed E-state index contributed by atoms with van der Waals surface area (Å²) in [6, 6.07) is 16.3. The molecule has 2 aliphatic rings. The standard InChI is InChI=1S/C23H22ClN3O/c24-16-8-6-7-15(13-16)21-19-14-28-20-12-5-4-11-18(20)22(19)27-23(26-21)25-17-9-2-1-3-10-17/h4-8,11-13,17H,1-3,9-10,14H2,(H,25,26,27). The van der Waals surface area contributed by atoms with Gasteiger partial charge in [-0.05, 0) is 37.1 Å². The van der Waals surface area contributed by atoms with E-state index in [1.54, 1.807) is 0 Å². The molecular formula is C23H22ClN3O. The number of halogens is 1. The van der Waals surface area contributed by atoms with Gasteiger partial charge in [-0.15, -0.1) is 0 Å². The van der Waals surface area contributed by atoms with E-state index in [1.165, 1.54) is 32.1 Å². The number of nitrogens with one attached hydrogen (secondary N) is 1. The number of aromatic nitrogens is 2. The summed E-state index contributed by atoms with van der Waals surface area (Å²) in [6.45, 7) is 0.456. The molecule has 1 saturated carbocycles. The van der Waals surface area contributed by atoms with Crippen molar-refractivity contribution in [1.29, 1.82) is 0 Å². The first-order valence-electron chi connectivity index (χ1n) is 9.93. The molecule has 1 N–H and O–H groups in total. The third-order valence-corrected chi connectivity index (χ3v) is 5.79. The van der Waals surface area contributed by atoms with Gasteiger partial charge in [0, 0.05) is 27.8 Å². The molecule has 4 nitrogen and oxygen atoms in total. The number of ether oxygens (including phenoxy) is 1. The molecule has 0 saturated heterocycles. The lowest BCUT2D eigenvalue weighted by molar-refractivity contribution is 0.301. The van der Waals surface area contributed by atoms with Crippen LogP contribution in [0, 0.1) is 0 Å². The van der Waals surface area contributed by atoms with Gasteiger partial charge >= 0.3 is 0 Å². The molecule has 2 heterocycles. The minimum atomic E-state index is 0.439. The minimum absolute atomic E-state index is 0.439. The van der Waals surface area contributed by atoms with Crippen molar-refractivity contribution in [1.82, 2.24) is 9.97 Å². The highest BCUT2D eigenvalue weighted by Crippen LogP contribution is 2.40. The van der Waals surface area contributed by atoms with Crippen LogP contribution in [-0.4, -0.2) is 16.0 Å². The normalized spacial score (nSPS) is 16.0. The minimum Gasteiger partial charge on any atom is -0.488 e. The molecule has 5 heteroatoms. The number of anilines is 1. The predicted octanol–water partition coefficient (Wildman–Crippen LogP) is 6.10. The molecule has 1 aliphatic carbocycles. The highest BCUT2D eigenvalue weighted by Gasteiger charge is 2.25. The molecule has 1 fully saturated rings. The zero-order chi connectivity index (χ0) is 18.9. The summed E-state index contributed by atoms with van der Waals surface area (Å²) >= 11 is 6.26. The smallest absolute Gasteiger partial charge is 0.224 e. The lowest BCUT2D eigenvalue weighted by Crippen LogP contribution is -2.24. The van der Waals surface area contributed by atoms with Crippen LogP contribution in [-0.2, 0) is 6.61 Å². The summed E-state index contributed by atoms with van der Waals surface area (Å²) in [4.78, 5) is 9.83. The molecule has 142 valence electrons. The first-order chi connectivity index (χ1) is 13.8. The first kappa shape index (κ1) is 17.5. The molecule has 0 unspecified atom stereocenters. The van der Waals surface area contributed by atoms with Gasteiger partial charge in [0.15, 0.2) is 0 Å². The van der Waals surface area contributed by atoms with Gasteiger partial charge in [0.05, 0.1) is 11.4 Å². The average molecular weight is 392 g/mol. The Balaban J connectivity index is 1.64. The molecule has 0 atom stereocenters. The number of hydrogen-bond acceptors (Lipinski definition) is 4. The molecule has 1 aliphatic heterocycles. The highest BCUT2D eigenvalue weighted by molar-refractivity contribution is 6.30. The molecule has 2 aromatic carbocycles. The molecule has 0 bridgehead atoms. The number of para-hydroxylation sites is 1. The summed E-state index contributed by atoms with van der Waals surface area (Å²) in [5.74, 6) is 1.56. The zero-order valence-electron chi connectivity index (χ0n) is 15.6. The van der Waals surface area contributed by atoms with Crippen LogP contribution in [0.3, 0.4) is 0 Å². The third kappa shape index (κ3) is 3.33. The molecule has 1 aromatic heterocycles. The Morgan fingerprint density at radius 3 is 2.61 bits per heavy atom. The van der Waals surface area contributed by atoms with Gasteiger partial charge in [-0.3, -0.25) is 0 Å². The van der Waals surface area contributed by atoms with E-state index in [1.807, 2.05) is 42.5 Å². The Labute approximate surface area is 169 Å². The van der Waals surface area contributed by atoms with Crippen molar-refractivity contribution in [3.8, 4) is 28.3 Å². The number of benzene rings is 2. The van der Waals surface area contributed by atoms with E-state index in [4.69, 9.17) is 26.3 Å². The van der Waals surface area contributed by atoms with E-state index >= 15 is 0 Å². The second-order valence-electron chi connectivity index (χ2n) is 7.50. The van der Waals surface area contributed by atoms with Crippen molar-refractivity contribution in [3.63, 3.8) is 0 Å². The Morgan fingerprint density at radius 1 is 0.929 bits per heavy atom. The van der Waals surface area contributed by atoms with Crippen molar-refractivity contribution >= 4 is 17.5 Å². The fraction of sp³-hybridized carbons (Fsp3) is 0.304. The van der Waals surface area contributed by atoms with Gasteiger partial charge in [-0.2, -0.15) is 0 Å². The van der Waals surface area contributed by atoms with Crippen molar-refractivity contribution in [3.05, 3.63) is 59.1 Å². The molecule has 0 spiro atoms. The van der Waals surface area contributed by atoms with Gasteiger partial charge in [0.2, 0.25) is 5.95 Å². The monoisotopic (exact) mass is 391 g/mol. The van der Waals surface area contributed by atoms with Gasteiger partial charge in [-0.25, -0.2) is 9.97 Å². The molecule has 3 aromatic rings. The predicted molar refractivity (Wildman–Crippen MR) is 113 cm³/mol. The number of nitrogens with zero attached hydrogens (tertiary/aromatic N) is 2. The van der Waals surface area contributed by atoms with Gasteiger partial charge < -0.3 is 10.1 Å². The SMILES string of the molecule is Clc1cccc(-c2nc(NC3CCCCC3)nc3c2COc2ccccc2-3)c1. The zero-order valence-corrected chi connectivity index (χ0v) is 16.4. The Morgan fingerprint density at radius 2 is 1.75 bits per heavy atom. The Bertz CT molecular complexity index is 1010. The number of hydrogen-bond donors (Lipinski definition) is 1. The van der Waals surface area contributed by atoms with E-state index < -0.39 is 0 Å². The summed E-state index contributed by atoms with van der Waals surface area (Å²) < 4.78 is 6.00. The summed E-state index contributed by atoms with van der Waals surface area (Å²) in [5.41, 5.74) is 4.85. The average Bonchev–Trinajstić information content (AvgIpc) is 2.74. The van der Waals surface area contributed by atoms with Gasteiger partial charge in [0.1, 0.15) is 12.4 Å². The Hall–Kier alpha value is -2.59. The van der Waals surface area contributed by atoms with Crippen molar-refractivity contribution in [2.24, 2.45) is 0 Å².